The summed E-state index contributed by atoms with van der Waals surface area (Å²) in [5.74, 6) is 2.34. The van der Waals surface area contributed by atoms with Gasteiger partial charge in [-0.05, 0) is 66.8 Å². The van der Waals surface area contributed by atoms with Crippen LogP contribution in [0.3, 0.4) is 0 Å². The Bertz CT molecular complexity index is 2290. The second kappa shape index (κ2) is 13.2. The Balaban J connectivity index is 0.722. The Kier molecular flexibility index (Phi) is 8.11. The molecule has 0 spiro atoms. The number of imide groups is 1. The number of alkyl halides is 2. The summed E-state index contributed by atoms with van der Waals surface area (Å²) in [6.07, 6.45) is 2.50. The van der Waals surface area contributed by atoms with Crippen LogP contribution < -0.4 is 19.9 Å². The number of benzene rings is 2. The molecule has 2 unspecified atom stereocenters. The summed E-state index contributed by atoms with van der Waals surface area (Å²) >= 11 is 0. The van der Waals surface area contributed by atoms with Crippen molar-refractivity contribution in [1.29, 1.82) is 0 Å². The van der Waals surface area contributed by atoms with Crippen LogP contribution >= 0.6 is 0 Å². The molecule has 4 fully saturated rings. The van der Waals surface area contributed by atoms with Gasteiger partial charge >= 0.3 is 0 Å². The Hall–Kier alpha value is -5.15. The lowest BCUT2D eigenvalue weighted by molar-refractivity contribution is -0.136. The van der Waals surface area contributed by atoms with Crippen molar-refractivity contribution in [2.75, 3.05) is 62.2 Å². The molecule has 11 rings (SSSR count). The average Bonchev–Trinajstić information content (AvgIpc) is 3.51. The third-order valence-corrected chi connectivity index (χ3v) is 13.9. The number of nitrogens with one attached hydrogen (secondary N) is 2. The number of hydrogen-bond donors (Lipinski definition) is 2. The van der Waals surface area contributed by atoms with Crippen molar-refractivity contribution < 1.29 is 27.9 Å². The minimum absolute atomic E-state index is 0.0602. The monoisotopic (exact) mass is 777 g/mol. The maximum atomic E-state index is 13.9. The highest BCUT2D eigenvalue weighted by Crippen LogP contribution is 2.53. The van der Waals surface area contributed by atoms with Crippen LogP contribution in [0.4, 0.5) is 20.4 Å². The number of piperidine rings is 2. The van der Waals surface area contributed by atoms with E-state index in [0.29, 0.717) is 61.0 Å². The first-order valence-electron chi connectivity index (χ1n) is 20.3. The predicted molar refractivity (Wildman–Crippen MR) is 206 cm³/mol. The number of piperazine rings is 1. The van der Waals surface area contributed by atoms with E-state index in [9.17, 15) is 23.2 Å². The molecule has 0 bridgehead atoms. The fourth-order valence-corrected chi connectivity index (χ4v) is 11.0. The Labute approximate surface area is 328 Å². The number of amides is 3. The number of rotatable bonds is 7. The molecule has 15 heteroatoms. The van der Waals surface area contributed by atoms with E-state index in [1.165, 1.54) is 5.56 Å². The molecule has 57 heavy (non-hydrogen) atoms. The Morgan fingerprint density at radius 3 is 2.60 bits per heavy atom. The van der Waals surface area contributed by atoms with Crippen LogP contribution in [0, 0.1) is 17.8 Å². The zero-order valence-corrected chi connectivity index (χ0v) is 31.7. The average molecular weight is 778 g/mol. The first kappa shape index (κ1) is 35.0. The number of H-pyrrole nitrogens is 1. The summed E-state index contributed by atoms with van der Waals surface area (Å²) < 4.78 is 34.0. The standard InChI is InChI=1S/C42H45F2N9O4/c1-22-10-28-26-4-2-3-5-32(26)47-38(28)39(52(22)20-36(43)44)24-13-45-42(46-14-24)50-18-30-29(31(30)19-50)17-49-8-9-51-25(16-49)21-57-35-12-27-23(11-34(35)51)15-53(41(27)56)33-6-7-37(54)48-40(33)55/h2-5,11-14,22,25,29-31,33,36,39,47H,6-10,15-21H2,1H3,(H,48,54,55)/t22-,25+,29?,30-,31+,33?,39-/m1/s1. The predicted octanol–water partition coefficient (Wildman–Crippen LogP) is 3.59. The van der Waals surface area contributed by atoms with Gasteiger partial charge in [0.15, 0.2) is 0 Å². The number of halogens is 2. The van der Waals surface area contributed by atoms with E-state index in [1.54, 1.807) is 4.90 Å². The highest BCUT2D eigenvalue weighted by Gasteiger charge is 2.56. The molecule has 3 saturated heterocycles. The van der Waals surface area contributed by atoms with Gasteiger partial charge in [-0.15, -0.1) is 0 Å². The number of fused-ring (bicyclic) bond motifs is 8. The van der Waals surface area contributed by atoms with E-state index in [2.05, 4.69) is 37.1 Å². The molecule has 0 radical (unpaired) electrons. The molecule has 1 aliphatic carbocycles. The molecule has 7 atom stereocenters. The molecule has 4 aromatic rings. The number of hydrogen-bond acceptors (Lipinski definition) is 10. The smallest absolute Gasteiger partial charge is 0.255 e. The zero-order valence-electron chi connectivity index (χ0n) is 31.7. The van der Waals surface area contributed by atoms with Crippen LogP contribution in [0.1, 0.15) is 58.5 Å². The number of aromatic amines is 1. The van der Waals surface area contributed by atoms with Crippen LogP contribution in [0.25, 0.3) is 10.9 Å². The zero-order chi connectivity index (χ0) is 38.7. The Morgan fingerprint density at radius 2 is 1.81 bits per heavy atom. The summed E-state index contributed by atoms with van der Waals surface area (Å²) in [4.78, 5) is 61.6. The molecule has 2 aromatic heterocycles. The molecule has 2 N–H and O–H groups in total. The highest BCUT2D eigenvalue weighted by atomic mass is 19.3. The van der Waals surface area contributed by atoms with Gasteiger partial charge < -0.3 is 24.4 Å². The van der Waals surface area contributed by atoms with Crippen LogP contribution in [0.15, 0.2) is 48.8 Å². The number of aromatic nitrogens is 3. The van der Waals surface area contributed by atoms with Crippen molar-refractivity contribution in [3.8, 4) is 5.75 Å². The van der Waals surface area contributed by atoms with E-state index in [0.717, 1.165) is 72.7 Å². The number of anilines is 2. The van der Waals surface area contributed by atoms with Crippen LogP contribution in [-0.4, -0.2) is 124 Å². The summed E-state index contributed by atoms with van der Waals surface area (Å²) in [5.41, 5.74) is 6.46. The van der Waals surface area contributed by atoms with Gasteiger partial charge in [0.25, 0.3) is 12.3 Å². The van der Waals surface area contributed by atoms with Gasteiger partial charge in [0, 0.05) is 98.4 Å². The quantitative estimate of drug-likeness (QED) is 0.269. The SMILES string of the molecule is C[C@@H]1Cc2c([nH]c3ccccc23)[C@@H](c2cnc(N3C[C@@H]4C(CN5CCN6c7cc8c(cc7OC[C@@H]6C5)C(=O)N(C5CCC(=O)NC5=O)C8)[C@@H]4C3)nc2)N1CC(F)F. The molecule has 1 saturated carbocycles. The lowest BCUT2D eigenvalue weighted by Gasteiger charge is -2.46. The lowest BCUT2D eigenvalue weighted by Crippen LogP contribution is -2.57. The van der Waals surface area contributed by atoms with Gasteiger partial charge in [-0.1, -0.05) is 18.2 Å². The second-order valence-corrected chi connectivity index (χ2v) is 17.1. The molecule has 296 valence electrons. The van der Waals surface area contributed by atoms with E-state index in [-0.39, 0.29) is 42.9 Å². The molecule has 8 heterocycles. The number of para-hydroxylation sites is 1. The van der Waals surface area contributed by atoms with Gasteiger partial charge in [0.2, 0.25) is 17.8 Å². The first-order valence-corrected chi connectivity index (χ1v) is 20.3. The van der Waals surface area contributed by atoms with Gasteiger partial charge in [-0.2, -0.15) is 0 Å². The van der Waals surface area contributed by atoms with Crippen LogP contribution in [0.2, 0.25) is 0 Å². The van der Waals surface area contributed by atoms with E-state index in [4.69, 9.17) is 14.7 Å². The molecule has 6 aliphatic heterocycles. The number of nitrogens with zero attached hydrogens (tertiary/aromatic N) is 7. The summed E-state index contributed by atoms with van der Waals surface area (Å²) in [5, 5.41) is 3.52. The van der Waals surface area contributed by atoms with Crippen molar-refractivity contribution in [3.63, 3.8) is 0 Å². The van der Waals surface area contributed by atoms with Crippen molar-refractivity contribution in [2.45, 2.75) is 63.3 Å². The largest absolute Gasteiger partial charge is 0.489 e. The second-order valence-electron chi connectivity index (χ2n) is 17.1. The number of ether oxygens (including phenoxy) is 1. The summed E-state index contributed by atoms with van der Waals surface area (Å²) in [6.45, 7) is 8.21. The van der Waals surface area contributed by atoms with Gasteiger partial charge in [-0.3, -0.25) is 29.5 Å². The minimum Gasteiger partial charge on any atom is -0.489 e. The fraction of sp³-hybridized carbons (Fsp3) is 0.500. The molecular weight excluding hydrogens is 733 g/mol. The van der Waals surface area contributed by atoms with Crippen molar-refractivity contribution in [3.05, 3.63) is 76.7 Å². The van der Waals surface area contributed by atoms with Crippen LogP contribution in [-0.2, 0) is 22.6 Å². The first-order chi connectivity index (χ1) is 27.7. The lowest BCUT2D eigenvalue weighted by atomic mass is 9.89. The third kappa shape index (κ3) is 5.78. The van der Waals surface area contributed by atoms with Gasteiger partial charge in [-0.25, -0.2) is 18.7 Å². The van der Waals surface area contributed by atoms with E-state index in [1.807, 2.05) is 48.5 Å². The van der Waals surface area contributed by atoms with Crippen molar-refractivity contribution >= 4 is 40.3 Å². The molecule has 3 amide bonds. The highest BCUT2D eigenvalue weighted by molar-refractivity contribution is 6.06. The molecule has 2 aromatic carbocycles. The molecule has 7 aliphatic rings. The third-order valence-electron chi connectivity index (χ3n) is 13.9. The minimum atomic E-state index is -2.45. The van der Waals surface area contributed by atoms with E-state index < -0.39 is 18.4 Å². The van der Waals surface area contributed by atoms with E-state index >= 15 is 0 Å². The van der Waals surface area contributed by atoms with Gasteiger partial charge in [0.05, 0.1) is 24.3 Å². The fourth-order valence-electron chi connectivity index (χ4n) is 11.0. The topological polar surface area (TPSA) is 130 Å². The van der Waals surface area contributed by atoms with Crippen LogP contribution in [0.5, 0.6) is 5.75 Å². The normalized spacial score (nSPS) is 29.6. The number of carbonyl (C=O) groups is 3. The summed E-state index contributed by atoms with van der Waals surface area (Å²) in [7, 11) is 0. The number of carbonyl (C=O) groups excluding carboxylic acids is 3. The molecule has 13 nitrogen and oxygen atoms in total. The molecular formula is C42H45F2N9O4. The van der Waals surface area contributed by atoms with Gasteiger partial charge in [0.1, 0.15) is 18.4 Å². The summed E-state index contributed by atoms with van der Waals surface area (Å²) in [6, 6.07) is 11.2. The van der Waals surface area contributed by atoms with Crippen molar-refractivity contribution in [1.82, 2.24) is 35.0 Å². The maximum absolute atomic E-state index is 13.9. The Morgan fingerprint density at radius 1 is 1.00 bits per heavy atom. The van der Waals surface area contributed by atoms with Crippen molar-refractivity contribution in [2.24, 2.45) is 17.8 Å². The maximum Gasteiger partial charge on any atom is 0.255 e.